The molecule has 1 N–H and O–H groups in total. The van der Waals surface area contributed by atoms with Crippen molar-refractivity contribution in [2.45, 2.75) is 18.8 Å². The number of rotatable bonds is 4. The molecule has 0 saturated carbocycles. The second kappa shape index (κ2) is 6.81. The highest BCUT2D eigenvalue weighted by atomic mass is 16.1. The Balaban J connectivity index is 1.83. The fourth-order valence-corrected chi connectivity index (χ4v) is 2.83. The summed E-state index contributed by atoms with van der Waals surface area (Å²) in [5, 5.41) is 6.91. The second-order valence-electron chi connectivity index (χ2n) is 5.48. The van der Waals surface area contributed by atoms with Gasteiger partial charge in [0.1, 0.15) is 0 Å². The lowest BCUT2D eigenvalue weighted by molar-refractivity contribution is -0.115. The Morgan fingerprint density at radius 2 is 1.78 bits per heavy atom. The van der Waals surface area contributed by atoms with E-state index in [4.69, 9.17) is 5.53 Å². The monoisotopic (exact) mass is 304 g/mol. The Kier molecular flexibility index (Phi) is 4.41. The van der Waals surface area contributed by atoms with Gasteiger partial charge in [-0.2, -0.15) is 0 Å². The third kappa shape index (κ3) is 3.59. The van der Waals surface area contributed by atoms with Gasteiger partial charge in [-0.05, 0) is 29.5 Å². The molecule has 0 fully saturated rings. The van der Waals surface area contributed by atoms with Gasteiger partial charge in [0.15, 0.2) is 5.78 Å². The maximum Gasteiger partial charge on any atom is 0.158 e. The summed E-state index contributed by atoms with van der Waals surface area (Å²) in [6, 6.07) is 17.3. The zero-order valence-corrected chi connectivity index (χ0v) is 12.5. The first-order valence-corrected chi connectivity index (χ1v) is 7.46. The van der Waals surface area contributed by atoms with Crippen molar-refractivity contribution in [3.63, 3.8) is 0 Å². The third-order valence-corrected chi connectivity index (χ3v) is 3.87. The van der Waals surface area contributed by atoms with Crippen LogP contribution in [0.1, 0.15) is 24.3 Å². The molecule has 0 aliphatic heterocycles. The fraction of sp³-hybridized carbons (Fsp3) is 0.167. The fourth-order valence-electron chi connectivity index (χ4n) is 2.83. The number of benzene rings is 2. The number of anilines is 1. The number of nitrogens with zero attached hydrogens (tertiary/aromatic N) is 3. The van der Waals surface area contributed by atoms with Crippen molar-refractivity contribution in [3.05, 3.63) is 82.4 Å². The minimum absolute atomic E-state index is 0.105. The molecule has 2 aromatic rings. The number of hydrogen-bond donors (Lipinski definition) is 1. The van der Waals surface area contributed by atoms with Crippen LogP contribution in [0.2, 0.25) is 0 Å². The van der Waals surface area contributed by atoms with E-state index in [1.54, 1.807) is 12.1 Å². The molecule has 1 unspecified atom stereocenters. The first kappa shape index (κ1) is 14.9. The van der Waals surface area contributed by atoms with Crippen molar-refractivity contribution in [2.24, 2.45) is 5.11 Å². The molecule has 3 rings (SSSR count). The number of para-hydroxylation sites is 1. The van der Waals surface area contributed by atoms with E-state index in [1.807, 2.05) is 36.4 Å². The van der Waals surface area contributed by atoms with Crippen molar-refractivity contribution in [1.82, 2.24) is 0 Å². The van der Waals surface area contributed by atoms with E-state index >= 15 is 0 Å². The molecule has 23 heavy (non-hydrogen) atoms. The number of nitrogens with one attached hydrogen (secondary N) is 1. The highest BCUT2D eigenvalue weighted by Gasteiger charge is 2.22. The number of ketones is 1. The lowest BCUT2D eigenvalue weighted by atomic mass is 9.85. The summed E-state index contributed by atoms with van der Waals surface area (Å²) in [4.78, 5) is 14.9. The highest BCUT2D eigenvalue weighted by molar-refractivity contribution is 5.92. The van der Waals surface area contributed by atoms with Crippen LogP contribution >= 0.6 is 0 Å². The zero-order valence-electron chi connectivity index (χ0n) is 12.5. The number of azide groups is 1. The van der Waals surface area contributed by atoms with Gasteiger partial charge < -0.3 is 5.32 Å². The average Bonchev–Trinajstić information content (AvgIpc) is 2.57. The molecule has 5 heteroatoms. The number of allylic oxidation sites excluding steroid dienone is 2. The number of carbonyl (C=O) groups is 1. The molecular formula is C18H16N4O. The molecule has 1 aliphatic rings. The summed E-state index contributed by atoms with van der Waals surface area (Å²) in [7, 11) is 0. The summed E-state index contributed by atoms with van der Waals surface area (Å²) in [6.07, 6.45) is 2.92. The molecule has 1 atom stereocenters. The van der Waals surface area contributed by atoms with Gasteiger partial charge in [0, 0.05) is 28.8 Å². The van der Waals surface area contributed by atoms with E-state index in [-0.39, 0.29) is 11.7 Å². The lowest BCUT2D eigenvalue weighted by Gasteiger charge is -2.23. The standard InChI is InChI=1S/C18H16N4O/c19-22-21-18-9-5-4-8-17(18)20-15-10-14(11-16(23)12-15)13-6-2-1-3-7-13/h1-9,12,14,20H,10-11H2. The van der Waals surface area contributed by atoms with Gasteiger partial charge in [-0.15, -0.1) is 0 Å². The van der Waals surface area contributed by atoms with E-state index in [0.717, 1.165) is 17.7 Å². The Morgan fingerprint density at radius 3 is 2.57 bits per heavy atom. The Hall–Kier alpha value is -3.04. The van der Waals surface area contributed by atoms with Crippen LogP contribution in [0.4, 0.5) is 11.4 Å². The Morgan fingerprint density at radius 1 is 1.04 bits per heavy atom. The number of carbonyl (C=O) groups excluding carboxylic acids is 1. The first-order valence-electron chi connectivity index (χ1n) is 7.46. The Labute approximate surface area is 134 Å². The largest absolute Gasteiger partial charge is 0.358 e. The van der Waals surface area contributed by atoms with Gasteiger partial charge in [0.05, 0.1) is 5.69 Å². The van der Waals surface area contributed by atoms with Crippen LogP contribution in [0.5, 0.6) is 0 Å². The van der Waals surface area contributed by atoms with E-state index in [0.29, 0.717) is 17.8 Å². The summed E-state index contributed by atoms with van der Waals surface area (Å²) in [6.45, 7) is 0. The second-order valence-corrected chi connectivity index (χ2v) is 5.48. The summed E-state index contributed by atoms with van der Waals surface area (Å²) in [5.74, 6) is 0.275. The summed E-state index contributed by atoms with van der Waals surface area (Å²) < 4.78 is 0. The molecule has 5 nitrogen and oxygen atoms in total. The van der Waals surface area contributed by atoms with Crippen molar-refractivity contribution in [1.29, 1.82) is 0 Å². The SMILES string of the molecule is [N-]=[N+]=Nc1ccccc1NC1=CC(=O)CC(c2ccccc2)C1. The topological polar surface area (TPSA) is 77.9 Å². The first-order chi connectivity index (χ1) is 11.3. The van der Waals surface area contributed by atoms with Crippen molar-refractivity contribution >= 4 is 17.2 Å². The molecule has 114 valence electrons. The molecule has 0 bridgehead atoms. The lowest BCUT2D eigenvalue weighted by Crippen LogP contribution is -2.16. The molecular weight excluding hydrogens is 288 g/mol. The van der Waals surface area contributed by atoms with Gasteiger partial charge in [-0.1, -0.05) is 53.6 Å². The van der Waals surface area contributed by atoms with Crippen molar-refractivity contribution < 1.29 is 4.79 Å². The molecule has 0 aromatic heterocycles. The minimum atomic E-state index is 0.105. The minimum Gasteiger partial charge on any atom is -0.358 e. The molecule has 2 aromatic carbocycles. The van der Waals surface area contributed by atoms with Crippen LogP contribution in [0.25, 0.3) is 10.4 Å². The van der Waals surface area contributed by atoms with E-state index in [2.05, 4.69) is 27.5 Å². The zero-order chi connectivity index (χ0) is 16.1. The van der Waals surface area contributed by atoms with Gasteiger partial charge in [-0.3, -0.25) is 4.79 Å². The average molecular weight is 304 g/mol. The van der Waals surface area contributed by atoms with Crippen LogP contribution in [0.15, 0.2) is 71.5 Å². The molecule has 0 saturated heterocycles. The van der Waals surface area contributed by atoms with E-state index in [1.165, 1.54) is 0 Å². The predicted octanol–water partition coefficient (Wildman–Crippen LogP) is 5.07. The van der Waals surface area contributed by atoms with Crippen LogP contribution in [0, 0.1) is 0 Å². The van der Waals surface area contributed by atoms with Gasteiger partial charge in [0.25, 0.3) is 0 Å². The van der Waals surface area contributed by atoms with Crippen molar-refractivity contribution in [2.75, 3.05) is 5.32 Å². The molecule has 0 spiro atoms. The highest BCUT2D eigenvalue weighted by Crippen LogP contribution is 2.33. The molecule has 0 amide bonds. The van der Waals surface area contributed by atoms with Crippen molar-refractivity contribution in [3.8, 4) is 0 Å². The van der Waals surface area contributed by atoms with Crippen LogP contribution in [0.3, 0.4) is 0 Å². The van der Waals surface area contributed by atoms with Crippen LogP contribution in [-0.4, -0.2) is 5.78 Å². The third-order valence-electron chi connectivity index (χ3n) is 3.87. The quantitative estimate of drug-likeness (QED) is 0.486. The van der Waals surface area contributed by atoms with Crippen LogP contribution in [-0.2, 0) is 4.79 Å². The van der Waals surface area contributed by atoms with E-state index < -0.39 is 0 Å². The van der Waals surface area contributed by atoms with Gasteiger partial charge in [-0.25, -0.2) is 0 Å². The van der Waals surface area contributed by atoms with Gasteiger partial charge in [0.2, 0.25) is 0 Å². The van der Waals surface area contributed by atoms with Crippen LogP contribution < -0.4 is 5.32 Å². The predicted molar refractivity (Wildman–Crippen MR) is 90.4 cm³/mol. The summed E-state index contributed by atoms with van der Waals surface area (Å²) in [5.41, 5.74) is 11.9. The molecule has 1 aliphatic carbocycles. The Bertz CT molecular complexity index is 792. The maximum absolute atomic E-state index is 12.1. The van der Waals surface area contributed by atoms with E-state index in [9.17, 15) is 4.79 Å². The summed E-state index contributed by atoms with van der Waals surface area (Å²) >= 11 is 0. The molecule has 0 radical (unpaired) electrons. The normalized spacial score (nSPS) is 17.1. The smallest absolute Gasteiger partial charge is 0.158 e. The molecule has 0 heterocycles. The van der Waals surface area contributed by atoms with Gasteiger partial charge >= 0.3 is 0 Å². The number of hydrogen-bond acceptors (Lipinski definition) is 3. The maximum atomic E-state index is 12.1.